The van der Waals surface area contributed by atoms with Crippen LogP contribution in [0.5, 0.6) is 5.75 Å². The van der Waals surface area contributed by atoms with Crippen molar-refractivity contribution in [1.82, 2.24) is 19.7 Å². The van der Waals surface area contributed by atoms with E-state index in [1.54, 1.807) is 41.0 Å². The molecule has 4 rings (SSSR count). The lowest BCUT2D eigenvalue weighted by atomic mass is 10.2. The van der Waals surface area contributed by atoms with Gasteiger partial charge in [0.2, 0.25) is 11.5 Å². The molecule has 0 fully saturated rings. The second-order valence-corrected chi connectivity index (χ2v) is 6.93. The van der Waals surface area contributed by atoms with Gasteiger partial charge in [-0.25, -0.2) is 0 Å². The Morgan fingerprint density at radius 3 is 2.75 bits per heavy atom. The summed E-state index contributed by atoms with van der Waals surface area (Å²) in [6, 6.07) is 13.9. The van der Waals surface area contributed by atoms with Crippen LogP contribution in [0.3, 0.4) is 0 Å². The van der Waals surface area contributed by atoms with Crippen LogP contribution in [-0.2, 0) is 13.7 Å². The van der Waals surface area contributed by atoms with Gasteiger partial charge >= 0.3 is 0 Å². The number of aromatic nitrogens is 4. The average molecular weight is 416 g/mol. The summed E-state index contributed by atoms with van der Waals surface area (Å²) in [6.45, 7) is 0.238. The molecule has 2 aromatic heterocycles. The van der Waals surface area contributed by atoms with Crippen molar-refractivity contribution in [2.45, 2.75) is 6.61 Å². The van der Waals surface area contributed by atoms with Gasteiger partial charge in [-0.2, -0.15) is 0 Å². The molecule has 0 bridgehead atoms. The van der Waals surface area contributed by atoms with Crippen molar-refractivity contribution < 1.29 is 4.74 Å². The Morgan fingerprint density at radius 1 is 1.07 bits per heavy atom. The van der Waals surface area contributed by atoms with E-state index >= 15 is 0 Å². The number of pyridine rings is 1. The van der Waals surface area contributed by atoms with Gasteiger partial charge in [-0.05, 0) is 42.5 Å². The van der Waals surface area contributed by atoms with Crippen LogP contribution >= 0.6 is 23.2 Å². The SMILES string of the molecule is Cn1c(COc2ccc3[nH]c(=O)ccc3c2)nnc1Nc1ccc(Cl)c(Cl)c1. The highest BCUT2D eigenvalue weighted by Crippen LogP contribution is 2.26. The summed E-state index contributed by atoms with van der Waals surface area (Å²) in [5, 5.41) is 13.3. The minimum absolute atomic E-state index is 0.137. The minimum Gasteiger partial charge on any atom is -0.486 e. The molecule has 142 valence electrons. The van der Waals surface area contributed by atoms with Crippen LogP contribution in [0.1, 0.15) is 5.82 Å². The monoisotopic (exact) mass is 415 g/mol. The molecule has 0 unspecified atom stereocenters. The number of nitrogens with zero attached hydrogens (tertiary/aromatic N) is 3. The van der Waals surface area contributed by atoms with Crippen molar-refractivity contribution in [3.05, 3.63) is 74.8 Å². The van der Waals surface area contributed by atoms with Gasteiger partial charge in [0, 0.05) is 29.7 Å². The molecule has 0 radical (unpaired) electrons. The van der Waals surface area contributed by atoms with Crippen LogP contribution in [0.25, 0.3) is 10.9 Å². The van der Waals surface area contributed by atoms with Gasteiger partial charge in [-0.15, -0.1) is 10.2 Å². The zero-order chi connectivity index (χ0) is 19.7. The second-order valence-electron chi connectivity index (χ2n) is 6.11. The smallest absolute Gasteiger partial charge is 0.248 e. The van der Waals surface area contributed by atoms with Gasteiger partial charge in [0.05, 0.1) is 10.0 Å². The normalized spacial score (nSPS) is 11.0. The quantitative estimate of drug-likeness (QED) is 0.507. The number of hydrogen-bond acceptors (Lipinski definition) is 5. The first-order valence-corrected chi connectivity index (χ1v) is 9.11. The maximum Gasteiger partial charge on any atom is 0.248 e. The Labute approximate surface area is 169 Å². The van der Waals surface area contributed by atoms with Crippen molar-refractivity contribution in [1.29, 1.82) is 0 Å². The molecular formula is C19H15Cl2N5O2. The van der Waals surface area contributed by atoms with E-state index in [0.717, 1.165) is 16.6 Å². The Bertz CT molecular complexity index is 1220. The first-order chi connectivity index (χ1) is 13.5. The molecule has 2 aromatic carbocycles. The van der Waals surface area contributed by atoms with E-state index in [0.29, 0.717) is 27.6 Å². The Morgan fingerprint density at radius 2 is 1.93 bits per heavy atom. The summed E-state index contributed by atoms with van der Waals surface area (Å²) in [4.78, 5) is 14.1. The number of nitrogens with one attached hydrogen (secondary N) is 2. The van der Waals surface area contributed by atoms with Crippen LogP contribution < -0.4 is 15.6 Å². The third-order valence-corrected chi connectivity index (χ3v) is 4.94. The molecule has 2 N–H and O–H groups in total. The minimum atomic E-state index is -0.137. The predicted octanol–water partition coefficient (Wildman–Crippen LogP) is 4.29. The van der Waals surface area contributed by atoms with E-state index < -0.39 is 0 Å². The highest BCUT2D eigenvalue weighted by atomic mass is 35.5. The summed E-state index contributed by atoms with van der Waals surface area (Å²) < 4.78 is 7.62. The fourth-order valence-corrected chi connectivity index (χ4v) is 2.97. The molecule has 4 aromatic rings. The first kappa shape index (κ1) is 18.3. The van der Waals surface area contributed by atoms with Crippen LogP contribution in [0.4, 0.5) is 11.6 Å². The van der Waals surface area contributed by atoms with Crippen molar-refractivity contribution in [2.24, 2.45) is 7.05 Å². The number of benzene rings is 2. The average Bonchev–Trinajstić information content (AvgIpc) is 3.02. The number of fused-ring (bicyclic) bond motifs is 1. The molecule has 0 aliphatic rings. The molecule has 0 atom stereocenters. The summed E-state index contributed by atoms with van der Waals surface area (Å²) >= 11 is 12.0. The maximum absolute atomic E-state index is 11.4. The van der Waals surface area contributed by atoms with E-state index in [4.69, 9.17) is 27.9 Å². The van der Waals surface area contributed by atoms with Crippen LogP contribution in [0.15, 0.2) is 53.3 Å². The zero-order valence-electron chi connectivity index (χ0n) is 14.7. The standard InChI is InChI=1S/C19H15Cl2N5O2/c1-26-17(24-25-19(26)22-12-3-5-14(20)15(21)9-12)10-28-13-4-6-16-11(8-13)2-7-18(27)23-16/h2-9H,10H2,1H3,(H,22,25)(H,23,27). The van der Waals surface area contributed by atoms with Gasteiger partial charge in [-0.1, -0.05) is 23.2 Å². The van der Waals surface area contributed by atoms with Crippen LogP contribution in [-0.4, -0.2) is 19.7 Å². The topological polar surface area (TPSA) is 84.8 Å². The van der Waals surface area contributed by atoms with Crippen molar-refractivity contribution in [2.75, 3.05) is 5.32 Å². The van der Waals surface area contributed by atoms with E-state index in [-0.39, 0.29) is 12.2 Å². The molecule has 0 spiro atoms. The van der Waals surface area contributed by atoms with E-state index in [1.165, 1.54) is 6.07 Å². The molecule has 0 amide bonds. The van der Waals surface area contributed by atoms with Gasteiger partial charge in [-0.3, -0.25) is 9.36 Å². The van der Waals surface area contributed by atoms with E-state index in [9.17, 15) is 4.79 Å². The molecule has 0 saturated carbocycles. The van der Waals surface area contributed by atoms with E-state index in [1.807, 2.05) is 13.1 Å². The zero-order valence-corrected chi connectivity index (χ0v) is 16.3. The molecule has 0 aliphatic carbocycles. The lowest BCUT2D eigenvalue weighted by molar-refractivity contribution is 0.292. The second kappa shape index (κ2) is 7.53. The lowest BCUT2D eigenvalue weighted by Crippen LogP contribution is -2.06. The number of anilines is 2. The van der Waals surface area contributed by atoms with Crippen molar-refractivity contribution in [3.8, 4) is 5.75 Å². The third-order valence-electron chi connectivity index (χ3n) is 4.20. The largest absolute Gasteiger partial charge is 0.486 e. The van der Waals surface area contributed by atoms with Gasteiger partial charge in [0.15, 0.2) is 5.82 Å². The predicted molar refractivity (Wildman–Crippen MR) is 110 cm³/mol. The van der Waals surface area contributed by atoms with Gasteiger partial charge < -0.3 is 15.0 Å². The number of aromatic amines is 1. The van der Waals surface area contributed by atoms with Crippen LogP contribution in [0.2, 0.25) is 10.0 Å². The summed E-state index contributed by atoms with van der Waals surface area (Å²) in [7, 11) is 1.84. The Kier molecular flexibility index (Phi) is 4.93. The molecule has 28 heavy (non-hydrogen) atoms. The van der Waals surface area contributed by atoms with Crippen LogP contribution in [0, 0.1) is 0 Å². The molecule has 0 aliphatic heterocycles. The number of rotatable bonds is 5. The van der Waals surface area contributed by atoms with Crippen molar-refractivity contribution in [3.63, 3.8) is 0 Å². The number of ether oxygens (including phenoxy) is 1. The molecule has 0 saturated heterocycles. The fraction of sp³-hybridized carbons (Fsp3) is 0.105. The summed E-state index contributed by atoms with van der Waals surface area (Å²) in [6.07, 6.45) is 0. The summed E-state index contributed by atoms with van der Waals surface area (Å²) in [5.74, 6) is 1.86. The molecule has 2 heterocycles. The molecular weight excluding hydrogens is 401 g/mol. The van der Waals surface area contributed by atoms with Gasteiger partial charge in [0.1, 0.15) is 12.4 Å². The highest BCUT2D eigenvalue weighted by molar-refractivity contribution is 6.42. The number of H-pyrrole nitrogens is 1. The summed E-state index contributed by atoms with van der Waals surface area (Å²) in [5.41, 5.74) is 1.37. The number of halogens is 2. The molecule has 7 nitrogen and oxygen atoms in total. The Balaban J connectivity index is 1.48. The molecule has 9 heteroatoms. The van der Waals surface area contributed by atoms with Gasteiger partial charge in [0.25, 0.3) is 0 Å². The van der Waals surface area contributed by atoms with E-state index in [2.05, 4.69) is 20.5 Å². The maximum atomic E-state index is 11.4. The fourth-order valence-electron chi connectivity index (χ4n) is 2.67. The third kappa shape index (κ3) is 3.81. The first-order valence-electron chi connectivity index (χ1n) is 8.36. The Hall–Kier alpha value is -3.03. The number of hydrogen-bond donors (Lipinski definition) is 2. The highest BCUT2D eigenvalue weighted by Gasteiger charge is 2.10. The van der Waals surface area contributed by atoms with Crippen molar-refractivity contribution >= 4 is 45.7 Å². The lowest BCUT2D eigenvalue weighted by Gasteiger charge is -2.09.